The second kappa shape index (κ2) is 9.54. The summed E-state index contributed by atoms with van der Waals surface area (Å²) >= 11 is 12.4. The summed E-state index contributed by atoms with van der Waals surface area (Å²) < 4.78 is 24.8. The first-order chi connectivity index (χ1) is 16.1. The fraction of sp³-hybridized carbons (Fsp3) is 0.130. The molecule has 1 aromatic heterocycles. The highest BCUT2D eigenvalue weighted by Crippen LogP contribution is 2.32. The van der Waals surface area contributed by atoms with Crippen LogP contribution >= 0.6 is 23.2 Å². The molecule has 4 rings (SSSR count). The van der Waals surface area contributed by atoms with E-state index in [1.54, 1.807) is 42.5 Å². The van der Waals surface area contributed by atoms with Crippen molar-refractivity contribution in [2.75, 3.05) is 6.26 Å². The lowest BCUT2D eigenvalue weighted by Gasteiger charge is -2.16. The van der Waals surface area contributed by atoms with Crippen molar-refractivity contribution in [3.8, 4) is 16.8 Å². The van der Waals surface area contributed by atoms with E-state index in [-0.39, 0.29) is 16.8 Å². The Kier molecular flexibility index (Phi) is 6.70. The second-order valence-electron chi connectivity index (χ2n) is 7.68. The van der Waals surface area contributed by atoms with E-state index in [4.69, 9.17) is 23.2 Å². The number of carbonyl (C=O) groups is 1. The topological polar surface area (TPSA) is 107 Å². The van der Waals surface area contributed by atoms with Crippen molar-refractivity contribution in [2.24, 2.45) is 0 Å². The third-order valence-electron chi connectivity index (χ3n) is 5.19. The third kappa shape index (κ3) is 5.27. The van der Waals surface area contributed by atoms with Gasteiger partial charge in [-0.2, -0.15) is 0 Å². The van der Waals surface area contributed by atoms with Crippen LogP contribution in [0.25, 0.3) is 16.8 Å². The van der Waals surface area contributed by atoms with Gasteiger partial charge in [-0.1, -0.05) is 41.4 Å². The minimum absolute atomic E-state index is 0.216. The normalized spacial score (nSPS) is 12.4. The number of rotatable bonds is 6. The Morgan fingerprint density at radius 1 is 1.03 bits per heavy atom. The molecule has 0 aliphatic rings. The largest absolute Gasteiger partial charge is 0.346 e. The van der Waals surface area contributed by atoms with Gasteiger partial charge in [-0.15, -0.1) is 5.10 Å². The van der Waals surface area contributed by atoms with Crippen LogP contribution in [0, 0.1) is 0 Å². The van der Waals surface area contributed by atoms with Crippen LogP contribution < -0.4 is 5.32 Å². The molecule has 1 N–H and O–H groups in total. The van der Waals surface area contributed by atoms with Crippen LogP contribution in [0.5, 0.6) is 0 Å². The van der Waals surface area contributed by atoms with Crippen LogP contribution in [0.3, 0.4) is 0 Å². The maximum Gasteiger partial charge on any atom is 0.251 e. The molecule has 0 saturated carbocycles. The highest BCUT2D eigenvalue weighted by Gasteiger charge is 2.17. The van der Waals surface area contributed by atoms with Crippen LogP contribution in [0.1, 0.15) is 28.9 Å². The summed E-state index contributed by atoms with van der Waals surface area (Å²) in [5.41, 5.74) is 3.08. The van der Waals surface area contributed by atoms with Gasteiger partial charge >= 0.3 is 0 Å². The molecule has 4 aromatic rings. The van der Waals surface area contributed by atoms with Crippen molar-refractivity contribution in [2.45, 2.75) is 17.9 Å². The third-order valence-corrected chi connectivity index (χ3v) is 6.87. The molecule has 0 saturated heterocycles. The van der Waals surface area contributed by atoms with Crippen molar-refractivity contribution in [1.82, 2.24) is 25.5 Å². The zero-order chi connectivity index (χ0) is 24.5. The van der Waals surface area contributed by atoms with Crippen LogP contribution in [-0.4, -0.2) is 40.8 Å². The average molecular weight is 516 g/mol. The molecule has 174 valence electrons. The molecule has 3 aromatic carbocycles. The summed E-state index contributed by atoms with van der Waals surface area (Å²) in [4.78, 5) is 13.4. The maximum absolute atomic E-state index is 13.2. The lowest BCUT2D eigenvalue weighted by atomic mass is 10.0. The first-order valence-electron chi connectivity index (χ1n) is 10.1. The molecule has 1 amide bonds. The predicted molar refractivity (Wildman–Crippen MR) is 130 cm³/mol. The Hall–Kier alpha value is -3.27. The van der Waals surface area contributed by atoms with E-state index in [1.807, 2.05) is 13.0 Å². The Bertz CT molecular complexity index is 1460. The molecule has 1 atom stereocenters. The van der Waals surface area contributed by atoms with Crippen LogP contribution in [0.2, 0.25) is 10.0 Å². The number of aromatic nitrogens is 4. The van der Waals surface area contributed by atoms with Gasteiger partial charge in [0, 0.05) is 27.4 Å². The minimum atomic E-state index is -3.30. The van der Waals surface area contributed by atoms with E-state index < -0.39 is 9.84 Å². The maximum atomic E-state index is 13.2. The summed E-state index contributed by atoms with van der Waals surface area (Å²) in [6.45, 7) is 1.81. The smallest absolute Gasteiger partial charge is 0.251 e. The van der Waals surface area contributed by atoms with Crippen LogP contribution in [0.15, 0.2) is 71.9 Å². The molecule has 0 aliphatic heterocycles. The van der Waals surface area contributed by atoms with E-state index >= 15 is 0 Å². The first-order valence-corrected chi connectivity index (χ1v) is 12.7. The highest BCUT2D eigenvalue weighted by molar-refractivity contribution is 7.90. The van der Waals surface area contributed by atoms with Gasteiger partial charge < -0.3 is 5.32 Å². The number of hydrogen-bond donors (Lipinski definition) is 1. The van der Waals surface area contributed by atoms with E-state index in [1.165, 1.54) is 23.1 Å². The lowest BCUT2D eigenvalue weighted by molar-refractivity contribution is 0.0940. The summed E-state index contributed by atoms with van der Waals surface area (Å²) in [5, 5.41) is 15.1. The zero-order valence-electron chi connectivity index (χ0n) is 18.1. The number of sulfone groups is 1. The van der Waals surface area contributed by atoms with Gasteiger partial charge in [-0.3, -0.25) is 4.79 Å². The Morgan fingerprint density at radius 2 is 1.76 bits per heavy atom. The van der Waals surface area contributed by atoms with Gasteiger partial charge in [-0.05, 0) is 70.9 Å². The SMILES string of the molecule is CC(NC(=O)c1cc(-c2ccc(Cl)cc2Cl)cc(-n2cnnn2)c1)c1ccc(S(C)(=O)=O)cc1. The Morgan fingerprint density at radius 3 is 2.38 bits per heavy atom. The molecule has 1 unspecified atom stereocenters. The standard InChI is InChI=1S/C23H19Cl2N5O3S/c1-14(15-3-6-20(7-4-15)34(2,32)33)27-23(31)17-9-16(21-8-5-18(24)12-22(21)25)10-19(11-17)30-13-26-28-29-30/h3-14H,1-2H3,(H,27,31). The summed E-state index contributed by atoms with van der Waals surface area (Å²) in [6, 6.07) is 16.3. The highest BCUT2D eigenvalue weighted by atomic mass is 35.5. The molecule has 0 spiro atoms. The van der Waals surface area contributed by atoms with E-state index in [9.17, 15) is 13.2 Å². The van der Waals surface area contributed by atoms with E-state index in [0.29, 0.717) is 32.4 Å². The van der Waals surface area contributed by atoms with E-state index in [0.717, 1.165) is 11.8 Å². The molecule has 34 heavy (non-hydrogen) atoms. The molecule has 0 radical (unpaired) electrons. The second-order valence-corrected chi connectivity index (χ2v) is 10.5. The van der Waals surface area contributed by atoms with Crippen molar-refractivity contribution < 1.29 is 13.2 Å². The van der Waals surface area contributed by atoms with Gasteiger partial charge in [0.15, 0.2) is 9.84 Å². The number of carbonyl (C=O) groups excluding carboxylic acids is 1. The number of nitrogens with one attached hydrogen (secondary N) is 1. The Labute approximate surface area is 206 Å². The molecular formula is C23H19Cl2N5O3S. The quantitative estimate of drug-likeness (QED) is 0.404. The van der Waals surface area contributed by atoms with Crippen molar-refractivity contribution in [3.63, 3.8) is 0 Å². The van der Waals surface area contributed by atoms with Crippen molar-refractivity contribution >= 4 is 38.9 Å². The number of nitrogens with zero attached hydrogens (tertiary/aromatic N) is 4. The molecule has 1 heterocycles. The fourth-order valence-corrected chi connectivity index (χ4v) is 4.55. The molecule has 0 bridgehead atoms. The summed E-state index contributed by atoms with van der Waals surface area (Å²) in [5.74, 6) is -0.332. The molecule has 8 nitrogen and oxygen atoms in total. The van der Waals surface area contributed by atoms with E-state index in [2.05, 4.69) is 20.8 Å². The van der Waals surface area contributed by atoms with Gasteiger partial charge in [-0.25, -0.2) is 13.1 Å². The summed E-state index contributed by atoms with van der Waals surface area (Å²) in [6.07, 6.45) is 2.57. The Balaban J connectivity index is 1.67. The number of halogens is 2. The predicted octanol–water partition coefficient (Wildman–Crippen LogP) is 4.53. The number of amides is 1. The van der Waals surface area contributed by atoms with Crippen molar-refractivity contribution in [3.05, 3.63) is 88.2 Å². The van der Waals surface area contributed by atoms with Gasteiger partial charge in [0.1, 0.15) is 6.33 Å². The van der Waals surface area contributed by atoms with Crippen LogP contribution in [-0.2, 0) is 9.84 Å². The van der Waals surface area contributed by atoms with Crippen molar-refractivity contribution in [1.29, 1.82) is 0 Å². The number of hydrogen-bond acceptors (Lipinski definition) is 6. The summed E-state index contributed by atoms with van der Waals surface area (Å²) in [7, 11) is -3.30. The van der Waals surface area contributed by atoms with Gasteiger partial charge in [0.25, 0.3) is 5.91 Å². The molecule has 0 fully saturated rings. The first kappa shape index (κ1) is 23.9. The monoisotopic (exact) mass is 515 g/mol. The van der Waals surface area contributed by atoms with Crippen LogP contribution in [0.4, 0.5) is 0 Å². The van der Waals surface area contributed by atoms with Gasteiger partial charge in [0.2, 0.25) is 0 Å². The molecule has 0 aliphatic carbocycles. The minimum Gasteiger partial charge on any atom is -0.346 e. The zero-order valence-corrected chi connectivity index (χ0v) is 20.4. The molecular weight excluding hydrogens is 497 g/mol. The molecule has 11 heteroatoms. The number of benzene rings is 3. The average Bonchev–Trinajstić information content (AvgIpc) is 3.33. The number of tetrazole rings is 1. The fourth-order valence-electron chi connectivity index (χ4n) is 3.40. The lowest BCUT2D eigenvalue weighted by Crippen LogP contribution is -2.26. The van der Waals surface area contributed by atoms with Gasteiger partial charge in [0.05, 0.1) is 16.6 Å².